The summed E-state index contributed by atoms with van der Waals surface area (Å²) in [4.78, 5) is 0. The van der Waals surface area contributed by atoms with Gasteiger partial charge < -0.3 is 24.2 Å². The van der Waals surface area contributed by atoms with Gasteiger partial charge in [-0.15, -0.1) is 35.2 Å². The minimum absolute atomic E-state index is 0. The van der Waals surface area contributed by atoms with E-state index in [1.165, 1.54) is 22.3 Å². The van der Waals surface area contributed by atoms with E-state index in [2.05, 4.69) is 198 Å². The summed E-state index contributed by atoms with van der Waals surface area (Å²) in [5.74, 6) is 0. The molecule has 0 aliphatic carbocycles. The third-order valence-corrected chi connectivity index (χ3v) is 11.4. The molecule has 0 bridgehead atoms. The first-order chi connectivity index (χ1) is 21.2. The normalized spacial score (nSPS) is 10.2. The molecule has 0 saturated heterocycles. The van der Waals surface area contributed by atoms with E-state index in [0.717, 1.165) is 25.7 Å². The Hall–Kier alpha value is -1.37. The molecule has 0 aliphatic rings. The van der Waals surface area contributed by atoms with Crippen LogP contribution in [-0.2, 0) is 51.9 Å². The summed E-state index contributed by atoms with van der Waals surface area (Å²) in [6.45, 7) is 18.8. The van der Waals surface area contributed by atoms with Crippen LogP contribution in [0.15, 0.2) is 121 Å². The minimum Gasteiger partial charge on any atom is -0.326 e. The topological polar surface area (TPSA) is 0 Å². The Kier molecular flexibility index (Phi) is 27.9. The third-order valence-electron chi connectivity index (χ3n) is 6.67. The molecule has 4 aromatic rings. The van der Waals surface area contributed by atoms with Gasteiger partial charge in [-0.05, 0) is 0 Å². The van der Waals surface area contributed by atoms with E-state index >= 15 is 0 Å². The van der Waals surface area contributed by atoms with Crippen molar-refractivity contribution in [1.82, 2.24) is 0 Å². The van der Waals surface area contributed by atoms with Crippen molar-refractivity contribution in [2.75, 3.05) is 0 Å². The zero-order chi connectivity index (χ0) is 32.4. The average molecular weight is 744 g/mol. The van der Waals surface area contributed by atoms with Crippen molar-refractivity contribution in [3.63, 3.8) is 0 Å². The van der Waals surface area contributed by atoms with Crippen LogP contribution in [0.2, 0.25) is 52.4 Å². The molecular weight excluding hydrogens is 684 g/mol. The van der Waals surface area contributed by atoms with Gasteiger partial charge in [-0.25, -0.2) is 0 Å². The van der Waals surface area contributed by atoms with Crippen LogP contribution in [0.3, 0.4) is 0 Å². The Morgan fingerprint density at radius 2 is 0.467 bits per heavy atom. The molecule has 0 radical (unpaired) electrons. The van der Waals surface area contributed by atoms with Crippen LogP contribution < -0.4 is 0 Å². The summed E-state index contributed by atoms with van der Waals surface area (Å²) >= 11 is 0. The molecule has 0 nitrogen and oxygen atoms in total. The molecule has 0 atom stereocenters. The first kappa shape index (κ1) is 43.6. The van der Waals surface area contributed by atoms with Gasteiger partial charge in [0.25, 0.3) is 0 Å². The quantitative estimate of drug-likeness (QED) is 0.100. The van der Waals surface area contributed by atoms with Crippen molar-refractivity contribution in [1.29, 1.82) is 0 Å². The van der Waals surface area contributed by atoms with Gasteiger partial charge in [0.15, 0.2) is 0 Å². The predicted molar refractivity (Wildman–Crippen MR) is 213 cm³/mol. The fourth-order valence-corrected chi connectivity index (χ4v) is 6.92. The molecule has 240 valence electrons. The van der Waals surface area contributed by atoms with Crippen LogP contribution in [-0.4, -0.2) is 35.2 Å². The molecule has 0 amide bonds. The molecule has 0 spiro atoms. The Labute approximate surface area is 305 Å². The SMILES string of the molecule is C[SiH](C)[CH-]Cc1ccccc1.C[SiH](C)[CH-]Cc1ccccc1.C[SiH](C)[CH-]Cc1ccccc1.C[SiH](C)[CH-]Cc1ccccc1.[Zr+4]. The second kappa shape index (κ2) is 28.8. The van der Waals surface area contributed by atoms with Gasteiger partial charge in [0.2, 0.25) is 0 Å². The smallest absolute Gasteiger partial charge is 0.326 e. The van der Waals surface area contributed by atoms with Gasteiger partial charge in [0, 0.05) is 0 Å². The molecule has 45 heavy (non-hydrogen) atoms. The molecule has 0 saturated carbocycles. The van der Waals surface area contributed by atoms with Crippen molar-refractivity contribution < 1.29 is 26.2 Å². The summed E-state index contributed by atoms with van der Waals surface area (Å²) in [6, 6.07) is 52.5. The van der Waals surface area contributed by atoms with Gasteiger partial charge in [-0.3, -0.25) is 0 Å². The van der Waals surface area contributed by atoms with Crippen LogP contribution in [0.4, 0.5) is 0 Å². The molecule has 0 unspecified atom stereocenters. The predicted octanol–water partition coefficient (Wildman–Crippen LogP) is 9.83. The first-order valence-corrected chi connectivity index (χ1v) is 28.5. The molecule has 0 aromatic heterocycles. The van der Waals surface area contributed by atoms with Crippen LogP contribution >= 0.6 is 0 Å². The zero-order valence-corrected chi connectivity index (χ0v) is 36.6. The monoisotopic (exact) mass is 742 g/mol. The maximum absolute atomic E-state index is 2.47. The summed E-state index contributed by atoms with van der Waals surface area (Å²) < 4.78 is 0. The largest absolute Gasteiger partial charge is 4.00 e. The van der Waals surface area contributed by atoms with Crippen molar-refractivity contribution in [2.45, 2.75) is 78.1 Å². The Morgan fingerprint density at radius 3 is 0.600 bits per heavy atom. The molecule has 0 N–H and O–H groups in total. The van der Waals surface area contributed by atoms with Gasteiger partial charge in [0.05, 0.1) is 0 Å². The minimum atomic E-state index is -0.465. The molecule has 5 heteroatoms. The van der Waals surface area contributed by atoms with Crippen LogP contribution in [0, 0.1) is 24.2 Å². The Bertz CT molecular complexity index is 962. The fraction of sp³-hybridized carbons (Fsp3) is 0.300. The second-order valence-electron chi connectivity index (χ2n) is 12.7. The summed E-state index contributed by atoms with van der Waals surface area (Å²) in [7, 11) is -1.86. The zero-order valence-electron chi connectivity index (χ0n) is 29.5. The van der Waals surface area contributed by atoms with Gasteiger partial charge in [-0.2, -0.15) is 25.7 Å². The maximum atomic E-state index is 2.47. The summed E-state index contributed by atoms with van der Waals surface area (Å²) in [6.07, 6.45) is 4.63. The third kappa shape index (κ3) is 27.5. The molecular formula is C40H60Si4Zr. The number of benzene rings is 4. The fourth-order valence-electron chi connectivity index (χ4n) is 3.94. The molecule has 0 aliphatic heterocycles. The number of hydrogen-bond acceptors (Lipinski definition) is 0. The van der Waals surface area contributed by atoms with E-state index in [1.807, 2.05) is 0 Å². The van der Waals surface area contributed by atoms with Gasteiger partial charge in [-0.1, -0.05) is 196 Å². The van der Waals surface area contributed by atoms with Crippen molar-refractivity contribution in [3.8, 4) is 0 Å². The van der Waals surface area contributed by atoms with E-state index in [9.17, 15) is 0 Å². The molecule has 0 fully saturated rings. The van der Waals surface area contributed by atoms with E-state index in [1.54, 1.807) is 0 Å². The van der Waals surface area contributed by atoms with Crippen molar-refractivity contribution in [3.05, 3.63) is 168 Å². The molecule has 4 rings (SSSR count). The number of hydrogen-bond donors (Lipinski definition) is 0. The van der Waals surface area contributed by atoms with Crippen LogP contribution in [0.25, 0.3) is 0 Å². The van der Waals surface area contributed by atoms with E-state index in [0.29, 0.717) is 0 Å². The molecule has 4 aromatic carbocycles. The second-order valence-corrected chi connectivity index (χ2v) is 24.5. The van der Waals surface area contributed by atoms with Crippen molar-refractivity contribution >= 4 is 35.2 Å². The van der Waals surface area contributed by atoms with E-state index in [-0.39, 0.29) is 26.2 Å². The van der Waals surface area contributed by atoms with Gasteiger partial charge in [0.1, 0.15) is 0 Å². The Balaban J connectivity index is 0.000000569. The number of rotatable bonds is 12. The van der Waals surface area contributed by atoms with Crippen LogP contribution in [0.1, 0.15) is 22.3 Å². The van der Waals surface area contributed by atoms with Crippen molar-refractivity contribution in [2.24, 2.45) is 0 Å². The average Bonchev–Trinajstić information content (AvgIpc) is 3.04. The van der Waals surface area contributed by atoms with Gasteiger partial charge >= 0.3 is 26.2 Å². The summed E-state index contributed by atoms with van der Waals surface area (Å²) in [5.41, 5.74) is 5.75. The van der Waals surface area contributed by atoms with E-state index in [4.69, 9.17) is 0 Å². The summed E-state index contributed by atoms with van der Waals surface area (Å²) in [5, 5.41) is 0. The maximum Gasteiger partial charge on any atom is 4.00 e. The standard InChI is InChI=1S/4C10H15Si.Zr/c4*1-11(2)9-8-10-6-4-3-5-7-10;/h4*3-7,9,11H,8H2,1-2H3;/q4*-1;+4. The van der Waals surface area contributed by atoms with Crippen LogP contribution in [0.5, 0.6) is 0 Å². The Morgan fingerprint density at radius 1 is 0.311 bits per heavy atom. The first-order valence-electron chi connectivity index (χ1n) is 16.6. The van der Waals surface area contributed by atoms with E-state index < -0.39 is 35.2 Å². The molecule has 0 heterocycles.